The first-order valence-corrected chi connectivity index (χ1v) is 8.88. The maximum Gasteiger partial charge on any atom is 0.243 e. The molecule has 1 aromatic rings. The molecule has 3 N–H and O–H groups in total. The molecule has 0 radical (unpaired) electrons. The second-order valence-corrected chi connectivity index (χ2v) is 7.37. The summed E-state index contributed by atoms with van der Waals surface area (Å²) >= 11 is 6.45. The Bertz CT molecular complexity index is 553. The molecule has 0 saturated carbocycles. The van der Waals surface area contributed by atoms with Gasteiger partial charge in [-0.1, -0.05) is 22.0 Å². The Morgan fingerprint density at radius 1 is 1.35 bits per heavy atom. The van der Waals surface area contributed by atoms with Crippen molar-refractivity contribution in [2.24, 2.45) is 0 Å². The van der Waals surface area contributed by atoms with E-state index in [4.69, 9.17) is 10.5 Å². The minimum absolute atomic E-state index is 0.0341. The van der Waals surface area contributed by atoms with Crippen molar-refractivity contribution in [1.29, 1.82) is 0 Å². The number of hydrogen-bond donors (Lipinski definition) is 2. The number of sulfonamides is 1. The van der Waals surface area contributed by atoms with Crippen molar-refractivity contribution < 1.29 is 13.2 Å². The van der Waals surface area contributed by atoms with Gasteiger partial charge in [0.1, 0.15) is 4.90 Å². The van der Waals surface area contributed by atoms with E-state index in [0.717, 1.165) is 6.42 Å². The van der Waals surface area contributed by atoms with Crippen LogP contribution < -0.4 is 10.5 Å². The van der Waals surface area contributed by atoms with Gasteiger partial charge in [0, 0.05) is 15.5 Å². The van der Waals surface area contributed by atoms with Crippen LogP contribution in [0.3, 0.4) is 0 Å². The summed E-state index contributed by atoms with van der Waals surface area (Å²) in [7, 11) is -3.67. The van der Waals surface area contributed by atoms with Crippen molar-refractivity contribution in [2.45, 2.75) is 11.3 Å². The zero-order chi connectivity index (χ0) is 15.2. The summed E-state index contributed by atoms with van der Waals surface area (Å²) in [5.74, 6) is 0. The smallest absolute Gasteiger partial charge is 0.243 e. The highest BCUT2D eigenvalue weighted by Crippen LogP contribution is 2.31. The molecule has 0 unspecified atom stereocenters. The van der Waals surface area contributed by atoms with E-state index in [-0.39, 0.29) is 17.1 Å². The quantitative estimate of drug-likeness (QED) is 0.379. The molecule has 112 valence electrons. The zero-order valence-corrected chi connectivity index (χ0v) is 14.7. The normalized spacial score (nSPS) is 11.5. The maximum absolute atomic E-state index is 12.2. The van der Waals surface area contributed by atoms with Gasteiger partial charge in [0.15, 0.2) is 0 Å². The molecule has 0 aromatic heterocycles. The lowest BCUT2D eigenvalue weighted by Gasteiger charge is -2.11. The van der Waals surface area contributed by atoms with Crippen LogP contribution in [-0.2, 0) is 14.8 Å². The van der Waals surface area contributed by atoms with Gasteiger partial charge in [-0.2, -0.15) is 0 Å². The summed E-state index contributed by atoms with van der Waals surface area (Å²) in [5, 5.41) is 0. The average Bonchev–Trinajstić information content (AvgIpc) is 2.31. The lowest BCUT2D eigenvalue weighted by Crippen LogP contribution is -2.28. The number of nitrogen functional groups attached to an aromatic ring is 1. The van der Waals surface area contributed by atoms with E-state index in [9.17, 15) is 8.42 Å². The van der Waals surface area contributed by atoms with Crippen molar-refractivity contribution in [3.8, 4) is 0 Å². The van der Waals surface area contributed by atoms with Crippen LogP contribution in [0, 0.1) is 0 Å². The van der Waals surface area contributed by atoms with Crippen molar-refractivity contribution in [2.75, 3.05) is 25.5 Å². The van der Waals surface area contributed by atoms with E-state index < -0.39 is 10.0 Å². The molecule has 0 amide bonds. The number of anilines is 1. The summed E-state index contributed by atoms with van der Waals surface area (Å²) in [6.07, 6.45) is 2.47. The highest BCUT2D eigenvalue weighted by molar-refractivity contribution is 9.11. The fraction of sp³-hybridized carbons (Fsp3) is 0.333. The van der Waals surface area contributed by atoms with Crippen LogP contribution in [0.1, 0.15) is 6.42 Å². The van der Waals surface area contributed by atoms with Gasteiger partial charge < -0.3 is 10.5 Å². The first kappa shape index (κ1) is 17.6. The van der Waals surface area contributed by atoms with E-state index in [2.05, 4.69) is 43.2 Å². The second-order valence-electron chi connectivity index (χ2n) is 3.89. The molecule has 0 fully saturated rings. The minimum atomic E-state index is -3.67. The summed E-state index contributed by atoms with van der Waals surface area (Å²) in [6, 6.07) is 3.17. The molecular formula is C12H16Br2N2O3S. The first-order valence-electron chi connectivity index (χ1n) is 5.81. The second kappa shape index (κ2) is 8.14. The third kappa shape index (κ3) is 5.17. The molecule has 0 aliphatic carbocycles. The summed E-state index contributed by atoms with van der Waals surface area (Å²) < 4.78 is 33.1. The molecular weight excluding hydrogens is 412 g/mol. The predicted molar refractivity (Wildman–Crippen MR) is 87.1 cm³/mol. The van der Waals surface area contributed by atoms with E-state index in [1.165, 1.54) is 0 Å². The highest BCUT2D eigenvalue weighted by Gasteiger charge is 2.21. The minimum Gasteiger partial charge on any atom is -0.398 e. The topological polar surface area (TPSA) is 81.4 Å². The molecule has 5 nitrogen and oxygen atoms in total. The van der Waals surface area contributed by atoms with Crippen molar-refractivity contribution >= 4 is 47.6 Å². The Morgan fingerprint density at radius 3 is 2.65 bits per heavy atom. The number of rotatable bonds is 8. The van der Waals surface area contributed by atoms with Crippen molar-refractivity contribution in [3.05, 3.63) is 33.7 Å². The summed E-state index contributed by atoms with van der Waals surface area (Å²) in [5.41, 5.74) is 5.93. The van der Waals surface area contributed by atoms with E-state index >= 15 is 0 Å². The van der Waals surface area contributed by atoms with Gasteiger partial charge in [0.2, 0.25) is 10.0 Å². The standard InChI is InChI=1S/C12H16Br2N2O3S/c1-2-3-5-19-6-4-16-20(17,18)12-10(14)7-9(13)8-11(12)15/h2,7-8,16H,1,3-6,15H2. The lowest BCUT2D eigenvalue weighted by molar-refractivity contribution is 0.144. The van der Waals surface area contributed by atoms with Gasteiger partial charge in [-0.15, -0.1) is 6.58 Å². The van der Waals surface area contributed by atoms with E-state index in [0.29, 0.717) is 22.2 Å². The van der Waals surface area contributed by atoms with Gasteiger partial charge in [0.25, 0.3) is 0 Å². The number of benzene rings is 1. The highest BCUT2D eigenvalue weighted by atomic mass is 79.9. The van der Waals surface area contributed by atoms with Crippen molar-refractivity contribution in [1.82, 2.24) is 4.72 Å². The molecule has 20 heavy (non-hydrogen) atoms. The Hall–Kier alpha value is -0.410. The summed E-state index contributed by atoms with van der Waals surface area (Å²) in [6.45, 7) is 4.57. The van der Waals surface area contributed by atoms with E-state index in [1.807, 2.05) is 0 Å². The molecule has 0 aliphatic heterocycles. The molecule has 1 aromatic carbocycles. The van der Waals surface area contributed by atoms with E-state index in [1.54, 1.807) is 18.2 Å². The number of nitrogens with two attached hydrogens (primary N) is 1. The Balaban J connectivity index is 2.68. The van der Waals surface area contributed by atoms with Crippen molar-refractivity contribution in [3.63, 3.8) is 0 Å². The fourth-order valence-corrected chi connectivity index (χ4v) is 4.53. The zero-order valence-electron chi connectivity index (χ0n) is 10.7. The molecule has 0 spiro atoms. The largest absolute Gasteiger partial charge is 0.398 e. The molecule has 1 rings (SSSR count). The van der Waals surface area contributed by atoms with Gasteiger partial charge in [-0.3, -0.25) is 0 Å². The molecule has 0 aliphatic rings. The number of nitrogens with one attached hydrogen (secondary N) is 1. The number of halogens is 2. The Kier molecular flexibility index (Phi) is 7.18. The third-order valence-corrected chi connectivity index (χ3v) is 5.23. The van der Waals surface area contributed by atoms with Gasteiger partial charge in [-0.05, 0) is 34.5 Å². The van der Waals surface area contributed by atoms with Crippen LogP contribution in [0.15, 0.2) is 38.6 Å². The molecule has 0 heterocycles. The number of ether oxygens (including phenoxy) is 1. The number of hydrogen-bond acceptors (Lipinski definition) is 4. The Morgan fingerprint density at radius 2 is 2.05 bits per heavy atom. The molecule has 8 heteroatoms. The molecule has 0 saturated heterocycles. The Labute approximate surface area is 135 Å². The van der Waals surface area contributed by atoms with Gasteiger partial charge in [0.05, 0.1) is 18.9 Å². The van der Waals surface area contributed by atoms with Gasteiger partial charge in [-0.25, -0.2) is 13.1 Å². The monoisotopic (exact) mass is 426 g/mol. The molecule has 0 atom stereocenters. The first-order chi connectivity index (χ1) is 9.38. The van der Waals surface area contributed by atoms with Crippen LogP contribution in [0.4, 0.5) is 5.69 Å². The SMILES string of the molecule is C=CCCOCCNS(=O)(=O)c1c(N)cc(Br)cc1Br. The maximum atomic E-state index is 12.2. The van der Waals surface area contributed by atoms with Gasteiger partial charge >= 0.3 is 0 Å². The third-order valence-electron chi connectivity index (χ3n) is 2.31. The van der Waals surface area contributed by atoms with Crippen LogP contribution in [-0.4, -0.2) is 28.2 Å². The fourth-order valence-electron chi connectivity index (χ4n) is 1.45. The van der Waals surface area contributed by atoms with Crippen LogP contribution >= 0.6 is 31.9 Å². The van der Waals surface area contributed by atoms with Crippen LogP contribution in [0.2, 0.25) is 0 Å². The lowest BCUT2D eigenvalue weighted by atomic mass is 10.3. The van der Waals surface area contributed by atoms with Crippen LogP contribution in [0.5, 0.6) is 0 Å². The predicted octanol–water partition coefficient (Wildman–Crippen LogP) is 2.66. The van der Waals surface area contributed by atoms with Crippen LogP contribution in [0.25, 0.3) is 0 Å². The average molecular weight is 428 g/mol. The summed E-state index contributed by atoms with van der Waals surface area (Å²) in [4.78, 5) is 0.0341. The molecule has 0 bridgehead atoms.